The molecule has 0 radical (unpaired) electrons. The fraction of sp³-hybridized carbons (Fsp3) is 0.465. The number of pyridine rings is 1. The van der Waals surface area contributed by atoms with Gasteiger partial charge in [-0.25, -0.2) is 0 Å². The van der Waals surface area contributed by atoms with Crippen LogP contribution in [0.4, 0.5) is 0 Å². The minimum Gasteiger partial charge on any atom is -0.490 e. The van der Waals surface area contributed by atoms with Crippen LogP contribution in [0.5, 0.6) is 5.75 Å². The minimum atomic E-state index is -0.668. The zero-order valence-corrected chi connectivity index (χ0v) is 29.9. The molecule has 1 aromatic heterocycles. The maximum atomic E-state index is 14.6. The Labute approximate surface area is 303 Å². The average Bonchev–Trinajstić information content (AvgIpc) is 3.18. The van der Waals surface area contributed by atoms with Crippen molar-refractivity contribution in [1.29, 1.82) is 0 Å². The van der Waals surface area contributed by atoms with Crippen molar-refractivity contribution in [2.45, 2.75) is 88.8 Å². The molecule has 2 saturated heterocycles. The van der Waals surface area contributed by atoms with Crippen LogP contribution in [-0.4, -0.2) is 82.7 Å². The number of nitrogens with zero attached hydrogens (tertiary/aromatic N) is 3. The summed E-state index contributed by atoms with van der Waals surface area (Å²) in [6, 6.07) is 30.2. The summed E-state index contributed by atoms with van der Waals surface area (Å²) in [5.74, 6) is 0.451. The number of fused-ring (bicyclic) bond motifs is 1. The number of benzene rings is 3. The minimum absolute atomic E-state index is 0.00936. The number of carbonyl (C=O) groups is 2. The Kier molecular flexibility index (Phi) is 13.6. The van der Waals surface area contributed by atoms with Crippen molar-refractivity contribution in [3.8, 4) is 5.75 Å². The van der Waals surface area contributed by atoms with Crippen molar-refractivity contribution in [3.63, 3.8) is 0 Å². The summed E-state index contributed by atoms with van der Waals surface area (Å²) in [7, 11) is 0. The van der Waals surface area contributed by atoms with Gasteiger partial charge in [-0.05, 0) is 119 Å². The van der Waals surface area contributed by atoms with Crippen LogP contribution in [0.2, 0.25) is 0 Å². The van der Waals surface area contributed by atoms with E-state index in [1.54, 1.807) is 11.1 Å². The van der Waals surface area contributed by atoms with Gasteiger partial charge in [-0.3, -0.25) is 19.5 Å². The first kappa shape index (κ1) is 36.7. The number of likely N-dealkylation sites (tertiary alicyclic amines) is 1. The molecular formula is C43H54N4O4. The molecule has 1 unspecified atom stereocenters. The second-order valence-electron chi connectivity index (χ2n) is 14.3. The molecule has 8 nitrogen and oxygen atoms in total. The number of carbonyl (C=O) groups excluding carboxylic acids is 2. The smallest absolute Gasteiger partial charge is 0.246 e. The lowest BCUT2D eigenvalue weighted by Gasteiger charge is -2.39. The van der Waals surface area contributed by atoms with E-state index in [-0.39, 0.29) is 36.4 Å². The van der Waals surface area contributed by atoms with E-state index in [9.17, 15) is 14.7 Å². The fourth-order valence-corrected chi connectivity index (χ4v) is 7.77. The quantitative estimate of drug-likeness (QED) is 0.128. The van der Waals surface area contributed by atoms with Crippen LogP contribution >= 0.6 is 0 Å². The Morgan fingerprint density at radius 2 is 1.51 bits per heavy atom. The summed E-state index contributed by atoms with van der Waals surface area (Å²) in [4.78, 5) is 37.3. The third kappa shape index (κ3) is 10.5. The van der Waals surface area contributed by atoms with Gasteiger partial charge in [0, 0.05) is 30.1 Å². The van der Waals surface area contributed by atoms with Gasteiger partial charge in [0.05, 0.1) is 11.6 Å². The third-order valence-electron chi connectivity index (χ3n) is 10.6. The Hall–Kier alpha value is -4.11. The van der Waals surface area contributed by atoms with Crippen LogP contribution in [-0.2, 0) is 22.4 Å². The van der Waals surface area contributed by atoms with Crippen molar-refractivity contribution in [2.75, 3.05) is 32.8 Å². The molecule has 2 aliphatic rings. The van der Waals surface area contributed by atoms with Crippen LogP contribution in [0.25, 0.3) is 10.9 Å². The predicted octanol–water partition coefficient (Wildman–Crippen LogP) is 6.60. The zero-order chi connectivity index (χ0) is 35.3. The van der Waals surface area contributed by atoms with Crippen LogP contribution in [0.1, 0.15) is 68.9 Å². The molecule has 270 valence electrons. The first-order chi connectivity index (χ1) is 25.0. The van der Waals surface area contributed by atoms with Gasteiger partial charge in [-0.2, -0.15) is 0 Å². The molecule has 6 rings (SSSR count). The Morgan fingerprint density at radius 1 is 0.824 bits per heavy atom. The summed E-state index contributed by atoms with van der Waals surface area (Å²) >= 11 is 0. The summed E-state index contributed by atoms with van der Waals surface area (Å²) in [5.41, 5.74) is 3.43. The lowest BCUT2D eigenvalue weighted by atomic mass is 9.91. The number of aliphatic hydroxyl groups excluding tert-OH is 1. The number of imide groups is 1. The van der Waals surface area contributed by atoms with Crippen molar-refractivity contribution in [3.05, 3.63) is 108 Å². The SMILES string of the molecule is O=C(C1CCN(C[C@@H](O)COc2cccc3ncccc23)CC1)N(C(=O)C1CCCCN1)C(CCCc1ccccc1)CCCc1ccccc1. The number of aryl methyl sites for hydroxylation is 2. The highest BCUT2D eigenvalue weighted by Crippen LogP contribution is 2.28. The van der Waals surface area contributed by atoms with Crippen LogP contribution in [0.15, 0.2) is 97.2 Å². The van der Waals surface area contributed by atoms with Gasteiger partial charge < -0.3 is 20.1 Å². The van der Waals surface area contributed by atoms with Crippen molar-refractivity contribution in [1.82, 2.24) is 20.1 Å². The standard InChI is InChI=1S/C43H54N4O4/c48-37(32-51-41-24-11-23-39-38(41)21-12-28-44-39)31-46-29-25-35(26-30-46)42(49)47(43(50)40-22-7-8-27-45-40)36(19-9-17-33-13-3-1-4-14-33)20-10-18-34-15-5-2-6-16-34/h1-6,11-16,21,23-24,28,35-37,40,45,48H,7-10,17-20,22,25-27,29-32H2/t37-,40?/m1/s1. The van der Waals surface area contributed by atoms with E-state index in [0.29, 0.717) is 38.2 Å². The third-order valence-corrected chi connectivity index (χ3v) is 10.6. The monoisotopic (exact) mass is 690 g/mol. The van der Waals surface area contributed by atoms with Gasteiger partial charge in [0.15, 0.2) is 0 Å². The lowest BCUT2D eigenvalue weighted by molar-refractivity contribution is -0.153. The summed E-state index contributed by atoms with van der Waals surface area (Å²) < 4.78 is 6.02. The Morgan fingerprint density at radius 3 is 2.16 bits per heavy atom. The van der Waals surface area contributed by atoms with E-state index in [2.05, 4.69) is 63.7 Å². The molecule has 2 aliphatic heterocycles. The first-order valence-electron chi connectivity index (χ1n) is 19.1. The van der Waals surface area contributed by atoms with Gasteiger partial charge in [0.25, 0.3) is 0 Å². The van der Waals surface area contributed by atoms with E-state index in [1.165, 1.54) is 11.1 Å². The number of nitrogens with one attached hydrogen (secondary N) is 1. The lowest BCUT2D eigenvalue weighted by Crippen LogP contribution is -2.56. The van der Waals surface area contributed by atoms with Gasteiger partial charge in [-0.15, -0.1) is 0 Å². The number of aromatic nitrogens is 1. The van der Waals surface area contributed by atoms with Gasteiger partial charge in [0.2, 0.25) is 11.8 Å². The number of piperidine rings is 2. The number of amides is 2. The predicted molar refractivity (Wildman–Crippen MR) is 202 cm³/mol. The van der Waals surface area contributed by atoms with Gasteiger partial charge in [0.1, 0.15) is 18.5 Å². The molecule has 51 heavy (non-hydrogen) atoms. The number of β-amino-alcohol motifs (C(OH)–C–C–N with tert-alkyl or cyclic N) is 1. The Bertz CT molecular complexity index is 1600. The van der Waals surface area contributed by atoms with Crippen LogP contribution < -0.4 is 10.1 Å². The summed E-state index contributed by atoms with van der Waals surface area (Å²) in [5, 5.41) is 15.3. The number of rotatable bonds is 16. The van der Waals surface area contributed by atoms with Gasteiger partial charge in [-0.1, -0.05) is 73.2 Å². The van der Waals surface area contributed by atoms with Crippen molar-refractivity contribution in [2.24, 2.45) is 5.92 Å². The molecule has 0 bridgehead atoms. The van der Waals surface area contributed by atoms with E-state index < -0.39 is 6.10 Å². The summed E-state index contributed by atoms with van der Waals surface area (Å²) in [6.07, 6.45) is 10.6. The highest BCUT2D eigenvalue weighted by Gasteiger charge is 2.38. The molecular weight excluding hydrogens is 636 g/mol. The molecule has 8 heteroatoms. The number of ether oxygens (including phenoxy) is 1. The van der Waals surface area contributed by atoms with E-state index in [4.69, 9.17) is 4.74 Å². The molecule has 2 amide bonds. The molecule has 0 saturated carbocycles. The second-order valence-corrected chi connectivity index (χ2v) is 14.3. The number of aliphatic hydroxyl groups is 1. The normalized spacial score (nSPS) is 17.7. The highest BCUT2D eigenvalue weighted by atomic mass is 16.5. The maximum absolute atomic E-state index is 14.6. The summed E-state index contributed by atoms with van der Waals surface area (Å²) in [6.45, 7) is 2.86. The molecule has 2 atom stereocenters. The molecule has 0 spiro atoms. The topological polar surface area (TPSA) is 95.0 Å². The Balaban J connectivity index is 1.09. The van der Waals surface area contributed by atoms with Crippen molar-refractivity contribution >= 4 is 22.7 Å². The van der Waals surface area contributed by atoms with Crippen molar-refractivity contribution < 1.29 is 19.4 Å². The molecule has 4 aromatic rings. The maximum Gasteiger partial charge on any atom is 0.246 e. The number of hydrogen-bond donors (Lipinski definition) is 2. The van der Waals surface area contributed by atoms with Crippen LogP contribution in [0, 0.1) is 5.92 Å². The van der Waals surface area contributed by atoms with E-state index in [0.717, 1.165) is 75.2 Å². The molecule has 3 heterocycles. The second kappa shape index (κ2) is 18.9. The molecule has 0 aliphatic carbocycles. The molecule has 3 aromatic carbocycles. The molecule has 2 fully saturated rings. The zero-order valence-electron chi connectivity index (χ0n) is 29.9. The first-order valence-corrected chi connectivity index (χ1v) is 19.1. The molecule has 2 N–H and O–H groups in total. The van der Waals surface area contributed by atoms with Gasteiger partial charge >= 0.3 is 0 Å². The number of hydrogen-bond acceptors (Lipinski definition) is 7. The van der Waals surface area contributed by atoms with E-state index in [1.807, 2.05) is 42.5 Å². The van der Waals surface area contributed by atoms with E-state index >= 15 is 0 Å². The average molecular weight is 691 g/mol. The fourth-order valence-electron chi connectivity index (χ4n) is 7.77. The largest absolute Gasteiger partial charge is 0.490 e. The van der Waals surface area contributed by atoms with Crippen LogP contribution in [0.3, 0.4) is 0 Å². The highest BCUT2D eigenvalue weighted by molar-refractivity contribution is 5.99.